The van der Waals surface area contributed by atoms with Gasteiger partial charge in [-0.2, -0.15) is 15.3 Å². The third kappa shape index (κ3) is 18.1. The predicted molar refractivity (Wildman–Crippen MR) is 373 cm³/mol. The Balaban J connectivity index is 0.000000150. The number of aromatic nitrogens is 8. The first-order valence-electron chi connectivity index (χ1n) is 31.6. The minimum absolute atomic E-state index is 0.0909. The number of imidazole rings is 1. The summed E-state index contributed by atoms with van der Waals surface area (Å²) in [7, 11) is 0. The van der Waals surface area contributed by atoms with E-state index < -0.39 is 58.3 Å². The molecule has 516 valence electrons. The van der Waals surface area contributed by atoms with Gasteiger partial charge in [0.1, 0.15) is 36.2 Å². The molecule has 30 heteroatoms. The molecule has 3 saturated carbocycles. The molecule has 13 rings (SSSR count). The lowest BCUT2D eigenvalue weighted by Gasteiger charge is -2.14. The maximum absolute atomic E-state index is 12.8. The summed E-state index contributed by atoms with van der Waals surface area (Å²) >= 11 is 18.6. The molecular weight excluding hydrogens is 1340 g/mol. The molecule has 0 spiro atoms. The highest BCUT2D eigenvalue weighted by Gasteiger charge is 2.27. The Morgan fingerprint density at radius 2 is 0.909 bits per heavy atom. The Hall–Kier alpha value is -10.8. The lowest BCUT2D eigenvalue weighted by atomic mass is 10.2. The molecule has 0 unspecified atom stereocenters. The second kappa shape index (κ2) is 32.1. The van der Waals surface area contributed by atoms with E-state index in [4.69, 9.17) is 85.5 Å². The average Bonchev–Trinajstić information content (AvgIpc) is 1.47. The zero-order chi connectivity index (χ0) is 70.6. The molecule has 27 nitrogen and oxygen atoms in total. The first-order valence-corrected chi connectivity index (χ1v) is 32.8. The lowest BCUT2D eigenvalue weighted by Crippen LogP contribution is -2.28. The zero-order valence-electron chi connectivity index (χ0n) is 53.9. The molecule has 3 aliphatic carbocycles. The standard InChI is InChI=1S/C23H23ClN4O5.C23H21ClN4O4.C13H12N2O5.C10H13ClN2O/c1-2-32-23(31)21-22(30)14-5-3-4-6-18(14)28(27-21)11-20(29)26-17-9-15(24)19(10-16(17)25)33-12-13-7-8-13;1-2-31-23(30)21-22(29)14-5-3-4-6-18(14)28(27-21)11-20-25-16-9-15(24)19(10-17(16)26-20)32-12-13-7-8-13;1-2-20-13(19)11-12(18)8-5-3-4-6-9(8)15(14-11)7-10(16)17;11-7-3-8(12)9(13)4-10(7)14-5-6-1-2-6/h3-6,9-10,13H,2,7-8,11-12,25H2,1H3,(H,26,29);3-6,9-10,13H,2,7-8,11-12H2,1H3,(H,25,26);3-6H,2,7H2,1H3,(H,16,17);3-4,6H,1-2,5,12-13H2. The molecule has 0 aliphatic heterocycles. The van der Waals surface area contributed by atoms with Crippen molar-refractivity contribution in [3.63, 3.8) is 0 Å². The predicted octanol–water partition coefficient (Wildman–Crippen LogP) is 10.1. The molecule has 3 fully saturated rings. The average molecular weight is 1410 g/mol. The number of fused-ring (bicyclic) bond motifs is 4. The SMILES string of the molecule is CCOC(=O)c1nn(CC(=O)Nc2cc(Cl)c(OCC3CC3)cc2N)c2ccccc2c1=O.CCOC(=O)c1nn(CC(=O)O)c2ccccc2c1=O.CCOC(=O)c1nn(Cc2nc3cc(OCC4CC4)c(Cl)cc3[nH]2)c2ccccc2c1=O.Nc1cc(Cl)c(OCC2CC2)cc1N. The van der Waals surface area contributed by atoms with Gasteiger partial charge in [-0.05, 0) is 132 Å². The Morgan fingerprint density at radius 3 is 1.35 bits per heavy atom. The summed E-state index contributed by atoms with van der Waals surface area (Å²) in [5.41, 5.74) is 19.2. The lowest BCUT2D eigenvalue weighted by molar-refractivity contribution is -0.137. The topological polar surface area (TPSA) is 384 Å². The van der Waals surface area contributed by atoms with Gasteiger partial charge in [0.25, 0.3) is 0 Å². The number of aliphatic carboxylic acids is 1. The first kappa shape index (κ1) is 71.0. The zero-order valence-corrected chi connectivity index (χ0v) is 56.2. The molecule has 4 heterocycles. The number of aromatic amines is 1. The van der Waals surface area contributed by atoms with Gasteiger partial charge < -0.3 is 61.0 Å². The van der Waals surface area contributed by atoms with Gasteiger partial charge >= 0.3 is 23.9 Å². The Morgan fingerprint density at radius 1 is 0.525 bits per heavy atom. The van der Waals surface area contributed by atoms with Crippen molar-refractivity contribution >= 4 is 131 Å². The fourth-order valence-corrected chi connectivity index (χ4v) is 10.5. The number of para-hydroxylation sites is 3. The van der Waals surface area contributed by atoms with Crippen LogP contribution in [0.4, 0.5) is 22.7 Å². The molecule has 9 N–H and O–H groups in total. The second-order valence-corrected chi connectivity index (χ2v) is 24.4. The van der Waals surface area contributed by atoms with E-state index in [-0.39, 0.29) is 55.1 Å². The van der Waals surface area contributed by atoms with Crippen LogP contribution in [-0.2, 0) is 43.4 Å². The number of halogens is 3. The number of nitrogens with one attached hydrogen (secondary N) is 2. The number of nitrogen functional groups attached to an aromatic ring is 3. The van der Waals surface area contributed by atoms with Gasteiger partial charge in [-0.3, -0.25) is 38.0 Å². The third-order valence-corrected chi connectivity index (χ3v) is 16.4. The van der Waals surface area contributed by atoms with Crippen molar-refractivity contribution in [1.82, 2.24) is 39.3 Å². The van der Waals surface area contributed by atoms with Crippen molar-refractivity contribution in [2.75, 3.05) is 62.2 Å². The summed E-state index contributed by atoms with van der Waals surface area (Å²) in [6, 6.07) is 30.0. The first-order chi connectivity index (χ1) is 47.6. The van der Waals surface area contributed by atoms with Crippen LogP contribution in [0.1, 0.15) is 96.6 Å². The molecule has 0 atom stereocenters. The van der Waals surface area contributed by atoms with E-state index in [0.717, 1.165) is 29.6 Å². The van der Waals surface area contributed by atoms with Crippen molar-refractivity contribution in [3.05, 3.63) is 178 Å². The van der Waals surface area contributed by atoms with Crippen molar-refractivity contribution < 1.29 is 57.5 Å². The minimum atomic E-state index is -1.12. The van der Waals surface area contributed by atoms with Crippen LogP contribution in [0, 0.1) is 17.8 Å². The summed E-state index contributed by atoms with van der Waals surface area (Å²) in [5.74, 6) is 0.134. The smallest absolute Gasteiger partial charge is 0.362 e. The molecule has 6 aromatic carbocycles. The van der Waals surface area contributed by atoms with Gasteiger partial charge in [0.15, 0.2) is 0 Å². The van der Waals surface area contributed by atoms with Gasteiger partial charge in [0.05, 0.1) is 112 Å². The maximum atomic E-state index is 12.8. The highest BCUT2D eigenvalue weighted by Crippen LogP contribution is 2.38. The molecule has 99 heavy (non-hydrogen) atoms. The highest BCUT2D eigenvalue weighted by molar-refractivity contribution is 6.33. The number of H-pyrrole nitrogens is 1. The van der Waals surface area contributed by atoms with E-state index >= 15 is 0 Å². The molecule has 4 aromatic heterocycles. The number of carboxylic acid groups (broad SMARTS) is 1. The van der Waals surface area contributed by atoms with Crippen LogP contribution in [0.2, 0.25) is 15.1 Å². The highest BCUT2D eigenvalue weighted by atomic mass is 35.5. The van der Waals surface area contributed by atoms with Gasteiger partial charge in [0.2, 0.25) is 39.3 Å². The fourth-order valence-electron chi connectivity index (χ4n) is 9.88. The number of hydrogen-bond donors (Lipinski definition) is 6. The quantitative estimate of drug-likeness (QED) is 0.0209. The normalized spacial score (nSPS) is 13.0. The molecule has 0 saturated heterocycles. The van der Waals surface area contributed by atoms with E-state index in [1.165, 1.54) is 42.5 Å². The number of anilines is 4. The van der Waals surface area contributed by atoms with E-state index in [1.807, 2.05) is 12.1 Å². The molecule has 3 aliphatic rings. The van der Waals surface area contributed by atoms with Crippen LogP contribution in [0.3, 0.4) is 0 Å². The summed E-state index contributed by atoms with van der Waals surface area (Å²) < 4.78 is 35.7. The molecular formula is C69H69Cl3N12O15. The number of esters is 3. The number of amides is 1. The summed E-state index contributed by atoms with van der Waals surface area (Å²) in [5, 5.41) is 26.0. The Bertz CT molecular complexity index is 4910. The largest absolute Gasteiger partial charge is 0.492 e. The maximum Gasteiger partial charge on any atom is 0.362 e. The van der Waals surface area contributed by atoms with Crippen molar-refractivity contribution in [3.8, 4) is 17.2 Å². The van der Waals surface area contributed by atoms with Crippen LogP contribution in [0.25, 0.3) is 43.7 Å². The van der Waals surface area contributed by atoms with E-state index in [2.05, 4.69) is 30.6 Å². The summed E-state index contributed by atoms with van der Waals surface area (Å²) in [6.07, 6.45) is 7.19. The molecule has 0 radical (unpaired) electrons. The Kier molecular flexibility index (Phi) is 23.0. The number of hydrogen-bond acceptors (Lipinski definition) is 21. The molecule has 1 amide bonds. The Labute approximate surface area is 578 Å². The monoisotopic (exact) mass is 1410 g/mol. The van der Waals surface area contributed by atoms with Crippen LogP contribution in [0.5, 0.6) is 17.2 Å². The van der Waals surface area contributed by atoms with Crippen LogP contribution < -0.4 is 53.0 Å². The van der Waals surface area contributed by atoms with E-state index in [9.17, 15) is 38.4 Å². The molecule has 10 aromatic rings. The number of ether oxygens (including phenoxy) is 6. The van der Waals surface area contributed by atoms with Gasteiger partial charge in [-0.15, -0.1) is 0 Å². The summed E-state index contributed by atoms with van der Waals surface area (Å²) in [4.78, 5) is 105. The van der Waals surface area contributed by atoms with Gasteiger partial charge in [-0.1, -0.05) is 71.2 Å². The third-order valence-electron chi connectivity index (χ3n) is 15.5. The van der Waals surface area contributed by atoms with E-state index in [0.29, 0.717) is 119 Å². The number of nitrogens with two attached hydrogens (primary N) is 3. The van der Waals surface area contributed by atoms with E-state index in [1.54, 1.807) is 110 Å². The molecule has 0 bridgehead atoms. The van der Waals surface area contributed by atoms with Crippen molar-refractivity contribution in [2.45, 2.75) is 78.9 Å². The summed E-state index contributed by atoms with van der Waals surface area (Å²) in [6.45, 7) is 6.72. The number of benzene rings is 6. The number of carboxylic acids is 1. The van der Waals surface area contributed by atoms with Gasteiger partial charge in [0, 0.05) is 34.4 Å². The van der Waals surface area contributed by atoms with Crippen molar-refractivity contribution in [2.24, 2.45) is 17.8 Å². The van der Waals surface area contributed by atoms with Crippen LogP contribution in [0.15, 0.2) is 124 Å². The number of carbonyl (C=O) groups is 5. The minimum Gasteiger partial charge on any atom is -0.492 e. The van der Waals surface area contributed by atoms with Gasteiger partial charge in [-0.25, -0.2) is 19.4 Å². The second-order valence-electron chi connectivity index (χ2n) is 23.2. The van der Waals surface area contributed by atoms with Crippen LogP contribution in [-0.4, -0.2) is 114 Å². The van der Waals surface area contributed by atoms with Crippen molar-refractivity contribution in [1.29, 1.82) is 0 Å². The number of carbonyl (C=O) groups excluding carboxylic acids is 4. The number of nitrogens with zero attached hydrogens (tertiary/aromatic N) is 7. The van der Waals surface area contributed by atoms with Crippen LogP contribution >= 0.6 is 34.8 Å². The number of rotatable bonds is 22. The fraction of sp³-hybridized carbons (Fsp3) is 0.304.